The summed E-state index contributed by atoms with van der Waals surface area (Å²) in [6.45, 7) is 2.44. The van der Waals surface area contributed by atoms with Gasteiger partial charge in [-0.3, -0.25) is 9.00 Å². The topological polar surface area (TPSA) is 59.2 Å². The van der Waals surface area contributed by atoms with Crippen molar-refractivity contribution in [3.05, 3.63) is 63.8 Å². The number of aromatic amines is 1. The number of hydrogen-bond acceptors (Lipinski definition) is 3. The molecule has 1 aromatic heterocycles. The molecule has 1 unspecified atom stereocenters. The minimum atomic E-state index is -1.18. The Bertz CT molecular complexity index is 697. The van der Waals surface area contributed by atoms with Crippen molar-refractivity contribution in [1.29, 1.82) is 0 Å². The molecule has 1 aromatic carbocycles. The Morgan fingerprint density at radius 2 is 1.95 bits per heavy atom. The maximum absolute atomic E-state index is 12.8. The number of H-pyrrole nitrogens is 1. The van der Waals surface area contributed by atoms with Gasteiger partial charge in [0.15, 0.2) is 5.75 Å². The first-order valence-electron chi connectivity index (χ1n) is 7.02. The van der Waals surface area contributed by atoms with E-state index in [-0.39, 0.29) is 22.7 Å². The van der Waals surface area contributed by atoms with E-state index < -0.39 is 10.8 Å². The molecular weight excluding hydrogens is 305 g/mol. The van der Waals surface area contributed by atoms with Crippen LogP contribution in [0.15, 0.2) is 41.3 Å². The van der Waals surface area contributed by atoms with Gasteiger partial charge >= 0.3 is 0 Å². The second kappa shape index (κ2) is 7.89. The maximum Gasteiger partial charge on any atom is 0.223 e. The van der Waals surface area contributed by atoms with E-state index in [1.54, 1.807) is 12.1 Å². The molecule has 1 heterocycles. The lowest BCUT2D eigenvalue weighted by Crippen LogP contribution is -2.11. The van der Waals surface area contributed by atoms with Gasteiger partial charge in [-0.1, -0.05) is 19.1 Å². The van der Waals surface area contributed by atoms with Crippen LogP contribution in [-0.4, -0.2) is 15.8 Å². The van der Waals surface area contributed by atoms with E-state index in [1.165, 1.54) is 24.4 Å². The van der Waals surface area contributed by atoms with Crippen LogP contribution in [0.25, 0.3) is 0 Å². The van der Waals surface area contributed by atoms with Crippen LogP contribution >= 0.6 is 0 Å². The molecular formula is C16H18FNO3S. The molecule has 1 atom stereocenters. The summed E-state index contributed by atoms with van der Waals surface area (Å²) in [6, 6.07) is 7.31. The minimum absolute atomic E-state index is 0.221. The molecule has 0 amide bonds. The fourth-order valence-electron chi connectivity index (χ4n) is 1.90. The number of halogens is 1. The third-order valence-corrected chi connectivity index (χ3v) is 4.24. The van der Waals surface area contributed by atoms with Gasteiger partial charge in [0.25, 0.3) is 0 Å². The molecule has 0 aliphatic heterocycles. The molecule has 4 nitrogen and oxygen atoms in total. The zero-order chi connectivity index (χ0) is 15.9. The van der Waals surface area contributed by atoms with Crippen LogP contribution in [0.2, 0.25) is 0 Å². The number of rotatable bonds is 7. The van der Waals surface area contributed by atoms with Crippen molar-refractivity contribution in [2.75, 3.05) is 6.61 Å². The highest BCUT2D eigenvalue weighted by atomic mass is 32.2. The van der Waals surface area contributed by atoms with E-state index in [2.05, 4.69) is 4.98 Å². The van der Waals surface area contributed by atoms with Crippen molar-refractivity contribution in [2.45, 2.75) is 24.9 Å². The smallest absolute Gasteiger partial charge is 0.223 e. The van der Waals surface area contributed by atoms with Gasteiger partial charge in [0.05, 0.1) is 12.4 Å². The monoisotopic (exact) mass is 323 g/mol. The molecule has 0 aliphatic rings. The number of benzene rings is 1. The van der Waals surface area contributed by atoms with Crippen LogP contribution in [0.1, 0.15) is 24.6 Å². The van der Waals surface area contributed by atoms with Crippen LogP contribution in [0.5, 0.6) is 5.75 Å². The molecule has 2 aromatic rings. The molecule has 0 bridgehead atoms. The summed E-state index contributed by atoms with van der Waals surface area (Å²) in [7, 11) is -1.18. The third-order valence-electron chi connectivity index (χ3n) is 2.96. The summed E-state index contributed by atoms with van der Waals surface area (Å²) in [5.74, 6) is 0.508. The molecule has 22 heavy (non-hydrogen) atoms. The van der Waals surface area contributed by atoms with Crippen molar-refractivity contribution < 1.29 is 13.3 Å². The second-order valence-electron chi connectivity index (χ2n) is 4.89. The molecule has 0 saturated heterocycles. The van der Waals surface area contributed by atoms with E-state index >= 15 is 0 Å². The standard InChI is InChI=1S/C16H18FNO3S/c1-2-7-21-16-9-18-14(8-15(16)19)11-22(20)10-12-3-5-13(17)6-4-12/h3-6,8-9H,2,7,10-11H2,1H3,(H,18,19). The van der Waals surface area contributed by atoms with E-state index in [0.29, 0.717) is 18.1 Å². The van der Waals surface area contributed by atoms with Gasteiger partial charge in [-0.25, -0.2) is 4.39 Å². The van der Waals surface area contributed by atoms with Crippen molar-refractivity contribution >= 4 is 10.8 Å². The zero-order valence-corrected chi connectivity index (χ0v) is 13.1. The molecule has 0 radical (unpaired) electrons. The Labute approximate surface area is 130 Å². The molecule has 2 rings (SSSR count). The Hall–Kier alpha value is -1.95. The maximum atomic E-state index is 12.8. The molecule has 0 fully saturated rings. The number of nitrogens with one attached hydrogen (secondary N) is 1. The van der Waals surface area contributed by atoms with Crippen LogP contribution in [-0.2, 0) is 22.3 Å². The van der Waals surface area contributed by atoms with Gasteiger partial charge in [0.2, 0.25) is 5.43 Å². The van der Waals surface area contributed by atoms with Crippen LogP contribution in [0.3, 0.4) is 0 Å². The lowest BCUT2D eigenvalue weighted by molar-refractivity contribution is 0.313. The second-order valence-corrected chi connectivity index (χ2v) is 6.35. The number of pyridine rings is 1. The highest BCUT2D eigenvalue weighted by molar-refractivity contribution is 7.83. The molecule has 118 valence electrons. The quantitative estimate of drug-likeness (QED) is 0.852. The number of hydrogen-bond donors (Lipinski definition) is 1. The van der Waals surface area contributed by atoms with Gasteiger partial charge in [0, 0.05) is 34.5 Å². The fourth-order valence-corrected chi connectivity index (χ4v) is 3.08. The summed E-state index contributed by atoms with van der Waals surface area (Å²) in [6.07, 6.45) is 2.32. The Kier molecular flexibility index (Phi) is 5.89. The average Bonchev–Trinajstić information content (AvgIpc) is 2.49. The molecule has 1 N–H and O–H groups in total. The summed E-state index contributed by atoms with van der Waals surface area (Å²) < 4.78 is 30.2. The summed E-state index contributed by atoms with van der Waals surface area (Å²) in [5, 5.41) is 0. The normalized spacial score (nSPS) is 12.1. The summed E-state index contributed by atoms with van der Waals surface area (Å²) >= 11 is 0. The van der Waals surface area contributed by atoms with E-state index in [1.807, 2.05) is 6.92 Å². The predicted molar refractivity (Wildman–Crippen MR) is 84.8 cm³/mol. The van der Waals surface area contributed by atoms with Gasteiger partial charge in [-0.05, 0) is 24.1 Å². The van der Waals surface area contributed by atoms with Crippen molar-refractivity contribution in [3.63, 3.8) is 0 Å². The van der Waals surface area contributed by atoms with E-state index in [9.17, 15) is 13.4 Å². The Morgan fingerprint density at radius 3 is 2.59 bits per heavy atom. The molecule has 6 heteroatoms. The van der Waals surface area contributed by atoms with Gasteiger partial charge in [-0.15, -0.1) is 0 Å². The van der Waals surface area contributed by atoms with Gasteiger partial charge in [0.1, 0.15) is 5.82 Å². The lowest BCUT2D eigenvalue weighted by atomic mass is 10.2. The van der Waals surface area contributed by atoms with Gasteiger partial charge < -0.3 is 9.72 Å². The first-order chi connectivity index (χ1) is 10.6. The van der Waals surface area contributed by atoms with Crippen LogP contribution < -0.4 is 10.2 Å². The third kappa shape index (κ3) is 4.80. The highest BCUT2D eigenvalue weighted by Crippen LogP contribution is 2.09. The van der Waals surface area contributed by atoms with E-state index in [0.717, 1.165) is 12.0 Å². The van der Waals surface area contributed by atoms with Crippen LogP contribution in [0.4, 0.5) is 4.39 Å². The Balaban J connectivity index is 1.98. The summed E-state index contributed by atoms with van der Waals surface area (Å²) in [5.41, 5.74) is 1.17. The predicted octanol–water partition coefficient (Wildman–Crippen LogP) is 2.75. The number of aromatic nitrogens is 1. The van der Waals surface area contributed by atoms with E-state index in [4.69, 9.17) is 4.74 Å². The summed E-state index contributed by atoms with van der Waals surface area (Å²) in [4.78, 5) is 14.8. The van der Waals surface area contributed by atoms with Crippen LogP contribution in [0, 0.1) is 5.82 Å². The zero-order valence-electron chi connectivity index (χ0n) is 12.3. The molecule has 0 saturated carbocycles. The van der Waals surface area contributed by atoms with Crippen molar-refractivity contribution in [3.8, 4) is 5.75 Å². The number of ether oxygens (including phenoxy) is 1. The Morgan fingerprint density at radius 1 is 1.23 bits per heavy atom. The SMILES string of the molecule is CCCOc1c[nH]c(CS(=O)Cc2ccc(F)cc2)cc1=O. The largest absolute Gasteiger partial charge is 0.488 e. The van der Waals surface area contributed by atoms with Crippen molar-refractivity contribution in [2.24, 2.45) is 0 Å². The highest BCUT2D eigenvalue weighted by Gasteiger charge is 2.07. The minimum Gasteiger partial charge on any atom is -0.488 e. The first kappa shape index (κ1) is 16.4. The molecule has 0 aliphatic carbocycles. The molecule has 0 spiro atoms. The van der Waals surface area contributed by atoms with Crippen molar-refractivity contribution in [1.82, 2.24) is 4.98 Å². The lowest BCUT2D eigenvalue weighted by Gasteiger charge is -2.06. The van der Waals surface area contributed by atoms with Gasteiger partial charge in [-0.2, -0.15) is 0 Å². The fraction of sp³-hybridized carbons (Fsp3) is 0.312. The first-order valence-corrected chi connectivity index (χ1v) is 8.51. The average molecular weight is 323 g/mol.